The van der Waals surface area contributed by atoms with Gasteiger partial charge in [0.2, 0.25) is 0 Å². The van der Waals surface area contributed by atoms with Crippen molar-refractivity contribution in [3.8, 4) is 22.6 Å². The van der Waals surface area contributed by atoms with Gasteiger partial charge in [0.25, 0.3) is 0 Å². The molecule has 6 aromatic rings. The van der Waals surface area contributed by atoms with E-state index in [1.165, 1.54) is 16.3 Å². The summed E-state index contributed by atoms with van der Waals surface area (Å²) in [5, 5.41) is 3.54. The van der Waals surface area contributed by atoms with Crippen LogP contribution in [0.5, 0.6) is 0 Å². The fourth-order valence-electron chi connectivity index (χ4n) is 4.64. The highest BCUT2D eigenvalue weighted by molar-refractivity contribution is 5.98. The monoisotopic (exact) mass is 432 g/mol. The summed E-state index contributed by atoms with van der Waals surface area (Å²) in [4.78, 5) is 9.15. The van der Waals surface area contributed by atoms with E-state index in [9.17, 15) is 0 Å². The van der Waals surface area contributed by atoms with Gasteiger partial charge in [-0.2, -0.15) is 0 Å². The number of nitrogens with zero attached hydrogens (tertiary/aromatic N) is 2. The fourth-order valence-corrected chi connectivity index (χ4v) is 4.64. The van der Waals surface area contributed by atoms with Crippen molar-refractivity contribution < 1.29 is 8.83 Å². The molecule has 0 atom stereocenters. The number of furan rings is 2. The molecule has 33 heavy (non-hydrogen) atoms. The second kappa shape index (κ2) is 7.04. The van der Waals surface area contributed by atoms with Crippen LogP contribution in [-0.2, 0) is 5.41 Å². The number of rotatable bonds is 2. The van der Waals surface area contributed by atoms with Crippen LogP contribution in [0.15, 0.2) is 82.1 Å². The summed E-state index contributed by atoms with van der Waals surface area (Å²) in [6, 6.07) is 21.0. The first kappa shape index (κ1) is 19.7. The molecular formula is C29H24N2O2. The van der Waals surface area contributed by atoms with Gasteiger partial charge in [-0.05, 0) is 52.4 Å². The van der Waals surface area contributed by atoms with Gasteiger partial charge >= 0.3 is 0 Å². The maximum atomic E-state index is 6.41. The third-order valence-electron chi connectivity index (χ3n) is 6.31. The van der Waals surface area contributed by atoms with Gasteiger partial charge in [-0.3, -0.25) is 0 Å². The highest BCUT2D eigenvalue weighted by Crippen LogP contribution is 2.39. The van der Waals surface area contributed by atoms with E-state index in [1.807, 2.05) is 25.1 Å². The molecule has 6 rings (SSSR count). The van der Waals surface area contributed by atoms with Crippen LogP contribution in [0.25, 0.3) is 55.4 Å². The Hall–Kier alpha value is -3.92. The van der Waals surface area contributed by atoms with E-state index in [4.69, 9.17) is 8.83 Å². The lowest BCUT2D eigenvalue weighted by Crippen LogP contribution is -2.12. The summed E-state index contributed by atoms with van der Waals surface area (Å²) in [7, 11) is 0. The lowest BCUT2D eigenvalue weighted by atomic mass is 9.82. The summed E-state index contributed by atoms with van der Waals surface area (Å²) in [6.45, 7) is 8.77. The van der Waals surface area contributed by atoms with Crippen molar-refractivity contribution >= 4 is 32.8 Å². The van der Waals surface area contributed by atoms with Crippen molar-refractivity contribution in [2.45, 2.75) is 33.1 Å². The molecule has 0 radical (unpaired) electrons. The van der Waals surface area contributed by atoms with Gasteiger partial charge < -0.3 is 8.83 Å². The van der Waals surface area contributed by atoms with Crippen LogP contribution in [0.1, 0.15) is 31.9 Å². The van der Waals surface area contributed by atoms with E-state index in [1.54, 1.807) is 12.6 Å². The summed E-state index contributed by atoms with van der Waals surface area (Å²) >= 11 is 0. The predicted molar refractivity (Wildman–Crippen MR) is 133 cm³/mol. The van der Waals surface area contributed by atoms with Crippen LogP contribution >= 0.6 is 0 Å². The van der Waals surface area contributed by atoms with E-state index in [0.717, 1.165) is 44.6 Å². The zero-order valence-corrected chi connectivity index (χ0v) is 19.1. The van der Waals surface area contributed by atoms with Crippen LogP contribution in [0.2, 0.25) is 0 Å². The van der Waals surface area contributed by atoms with Crippen molar-refractivity contribution in [3.63, 3.8) is 0 Å². The van der Waals surface area contributed by atoms with E-state index in [0.29, 0.717) is 5.58 Å². The van der Waals surface area contributed by atoms with Crippen LogP contribution in [-0.4, -0.2) is 9.97 Å². The van der Waals surface area contributed by atoms with Crippen LogP contribution < -0.4 is 0 Å². The number of hydrogen-bond acceptors (Lipinski definition) is 4. The van der Waals surface area contributed by atoms with E-state index in [-0.39, 0.29) is 5.41 Å². The smallest absolute Gasteiger partial charge is 0.179 e. The lowest BCUT2D eigenvalue weighted by Gasteiger charge is -2.22. The average Bonchev–Trinajstić information content (AvgIpc) is 3.41. The minimum atomic E-state index is -0.0110. The first-order chi connectivity index (χ1) is 15.9. The Balaban J connectivity index is 1.59. The molecule has 0 saturated heterocycles. The molecule has 0 unspecified atom stereocenters. The average molecular weight is 433 g/mol. The summed E-state index contributed by atoms with van der Waals surface area (Å²) in [5.41, 5.74) is 7.40. The second-order valence-electron chi connectivity index (χ2n) is 9.64. The SMILES string of the molecule is Cc1coc2c(-c3cc4ncnc(-c5cc(C(C)(C)C)c6ccccc6c5)c4o3)cccc12. The molecule has 0 saturated carbocycles. The summed E-state index contributed by atoms with van der Waals surface area (Å²) in [6.07, 6.45) is 3.39. The van der Waals surface area contributed by atoms with Crippen molar-refractivity contribution in [1.29, 1.82) is 0 Å². The first-order valence-corrected chi connectivity index (χ1v) is 11.2. The zero-order chi connectivity index (χ0) is 22.7. The molecule has 0 aliphatic rings. The standard InChI is InChI=1S/C29H24N2O2/c1-17-15-32-27-20(17)10-7-11-22(27)25-14-24-28(33-25)26(31-16-30-24)19-12-18-8-5-6-9-21(18)23(13-19)29(2,3)4/h5-16H,1-4H3. The maximum Gasteiger partial charge on any atom is 0.179 e. The highest BCUT2D eigenvalue weighted by atomic mass is 16.3. The molecule has 4 nitrogen and oxygen atoms in total. The summed E-state index contributed by atoms with van der Waals surface area (Å²) < 4.78 is 12.3. The van der Waals surface area contributed by atoms with E-state index < -0.39 is 0 Å². The van der Waals surface area contributed by atoms with Crippen molar-refractivity contribution in [2.75, 3.05) is 0 Å². The molecule has 0 bridgehead atoms. The van der Waals surface area contributed by atoms with Gasteiger partial charge in [-0.1, -0.05) is 57.2 Å². The lowest BCUT2D eigenvalue weighted by molar-refractivity contribution is 0.596. The Bertz CT molecular complexity index is 1660. The van der Waals surface area contributed by atoms with Crippen LogP contribution in [0, 0.1) is 6.92 Å². The minimum Gasteiger partial charge on any atom is -0.463 e. The van der Waals surface area contributed by atoms with Gasteiger partial charge in [0.1, 0.15) is 28.9 Å². The molecule has 0 spiro atoms. The molecule has 3 heterocycles. The Labute approximate surface area is 191 Å². The maximum absolute atomic E-state index is 6.41. The number of fused-ring (bicyclic) bond motifs is 3. The van der Waals surface area contributed by atoms with Gasteiger partial charge in [0.15, 0.2) is 5.58 Å². The van der Waals surface area contributed by atoms with Crippen LogP contribution in [0.3, 0.4) is 0 Å². The van der Waals surface area contributed by atoms with Gasteiger partial charge in [-0.15, -0.1) is 0 Å². The number of para-hydroxylation sites is 1. The predicted octanol–water partition coefficient (Wildman–Crippen LogP) is 8.06. The number of aromatic nitrogens is 2. The third-order valence-corrected chi connectivity index (χ3v) is 6.31. The topological polar surface area (TPSA) is 52.1 Å². The Morgan fingerprint density at radius 2 is 1.64 bits per heavy atom. The Kier molecular flexibility index (Phi) is 4.21. The molecule has 0 aliphatic carbocycles. The summed E-state index contributed by atoms with van der Waals surface area (Å²) in [5.74, 6) is 0.725. The number of hydrogen-bond donors (Lipinski definition) is 0. The van der Waals surface area contributed by atoms with Gasteiger partial charge in [0, 0.05) is 17.0 Å². The molecule has 162 valence electrons. The number of aryl methyl sites for hydroxylation is 1. The number of benzene rings is 3. The second-order valence-corrected chi connectivity index (χ2v) is 9.64. The van der Waals surface area contributed by atoms with Crippen molar-refractivity contribution in [1.82, 2.24) is 9.97 Å². The third kappa shape index (κ3) is 3.13. The molecule has 0 amide bonds. The van der Waals surface area contributed by atoms with Gasteiger partial charge in [-0.25, -0.2) is 9.97 Å². The molecule has 0 fully saturated rings. The highest BCUT2D eigenvalue weighted by Gasteiger charge is 2.21. The molecule has 0 N–H and O–H groups in total. The largest absolute Gasteiger partial charge is 0.463 e. The normalized spacial score (nSPS) is 12.2. The van der Waals surface area contributed by atoms with Crippen molar-refractivity contribution in [2.24, 2.45) is 0 Å². The zero-order valence-electron chi connectivity index (χ0n) is 19.1. The van der Waals surface area contributed by atoms with Gasteiger partial charge in [0.05, 0.1) is 11.8 Å². The molecule has 4 heteroatoms. The minimum absolute atomic E-state index is 0.0110. The molecular weight excluding hydrogens is 408 g/mol. The first-order valence-electron chi connectivity index (χ1n) is 11.2. The van der Waals surface area contributed by atoms with E-state index >= 15 is 0 Å². The quantitative estimate of drug-likeness (QED) is 0.278. The van der Waals surface area contributed by atoms with Crippen molar-refractivity contribution in [3.05, 3.63) is 84.4 Å². The van der Waals surface area contributed by atoms with E-state index in [2.05, 4.69) is 73.2 Å². The molecule has 3 aromatic heterocycles. The van der Waals surface area contributed by atoms with Crippen LogP contribution in [0.4, 0.5) is 0 Å². The molecule has 3 aromatic carbocycles. The molecule has 0 aliphatic heterocycles. The Morgan fingerprint density at radius 3 is 2.48 bits per heavy atom. The Morgan fingerprint density at radius 1 is 0.818 bits per heavy atom. The fraction of sp³-hybridized carbons (Fsp3) is 0.172.